The fourth-order valence-corrected chi connectivity index (χ4v) is 2.38. The van der Waals surface area contributed by atoms with Gasteiger partial charge in [0.2, 0.25) is 0 Å². The number of nitrogens with zero attached hydrogens (tertiary/aromatic N) is 1. The van der Waals surface area contributed by atoms with Crippen LogP contribution in [0.1, 0.15) is 29.3 Å². The number of carbonyl (C=O) groups excluding carboxylic acids is 1. The van der Waals surface area contributed by atoms with Crippen molar-refractivity contribution in [1.82, 2.24) is 4.90 Å². The molecule has 1 aliphatic heterocycles. The van der Waals surface area contributed by atoms with Crippen molar-refractivity contribution in [2.45, 2.75) is 25.3 Å². The van der Waals surface area contributed by atoms with Gasteiger partial charge in [0.15, 0.2) is 0 Å². The predicted molar refractivity (Wildman–Crippen MR) is 71.9 cm³/mol. The van der Waals surface area contributed by atoms with E-state index < -0.39 is 0 Å². The highest BCUT2D eigenvalue weighted by Gasteiger charge is 2.26. The van der Waals surface area contributed by atoms with E-state index >= 15 is 0 Å². The maximum absolute atomic E-state index is 12.5. The first kappa shape index (κ1) is 13.4. The van der Waals surface area contributed by atoms with Crippen LogP contribution in [0.3, 0.4) is 0 Å². The molecule has 0 bridgehead atoms. The maximum Gasteiger partial charge on any atom is 0.254 e. The van der Waals surface area contributed by atoms with Crippen LogP contribution in [0.2, 0.25) is 0 Å². The van der Waals surface area contributed by atoms with Crippen LogP contribution >= 0.6 is 11.6 Å². The van der Waals surface area contributed by atoms with Gasteiger partial charge in [-0.1, -0.05) is 19.1 Å². The highest BCUT2D eigenvalue weighted by Crippen LogP contribution is 2.16. The molecule has 0 spiro atoms. The summed E-state index contributed by atoms with van der Waals surface area (Å²) in [4.78, 5) is 14.4. The average molecular weight is 268 g/mol. The molecule has 2 rings (SSSR count). The summed E-state index contributed by atoms with van der Waals surface area (Å²) in [6.07, 6.45) is 0.918. The number of halogens is 1. The summed E-state index contributed by atoms with van der Waals surface area (Å²) in [5.41, 5.74) is 1.69. The third-order valence-electron chi connectivity index (χ3n) is 3.29. The van der Waals surface area contributed by atoms with E-state index in [1.54, 1.807) is 0 Å². The van der Waals surface area contributed by atoms with Gasteiger partial charge in [0.25, 0.3) is 5.91 Å². The summed E-state index contributed by atoms with van der Waals surface area (Å²) in [5.74, 6) is 0.513. The number of benzene rings is 1. The van der Waals surface area contributed by atoms with Crippen LogP contribution in [0.25, 0.3) is 0 Å². The lowest BCUT2D eigenvalue weighted by Crippen LogP contribution is -2.48. The van der Waals surface area contributed by atoms with Crippen LogP contribution in [0.15, 0.2) is 24.3 Å². The molecule has 1 heterocycles. The van der Waals surface area contributed by atoms with E-state index in [-0.39, 0.29) is 11.9 Å². The number of morpholine rings is 1. The van der Waals surface area contributed by atoms with Crippen LogP contribution in [0, 0.1) is 0 Å². The molecule has 1 aromatic rings. The zero-order chi connectivity index (χ0) is 13.0. The second-order valence-electron chi connectivity index (χ2n) is 4.47. The molecule has 0 aliphatic carbocycles. The lowest BCUT2D eigenvalue weighted by molar-refractivity contribution is -0.00280. The summed E-state index contributed by atoms with van der Waals surface area (Å²) in [5, 5.41) is 0. The normalized spacial score (nSPS) is 19.9. The molecule has 4 heteroatoms. The number of hydrogen-bond donors (Lipinski definition) is 0. The van der Waals surface area contributed by atoms with Crippen molar-refractivity contribution >= 4 is 17.5 Å². The number of amides is 1. The minimum absolute atomic E-state index is 0.0807. The van der Waals surface area contributed by atoms with E-state index in [0.29, 0.717) is 31.2 Å². The van der Waals surface area contributed by atoms with Crippen molar-refractivity contribution in [3.63, 3.8) is 0 Å². The molecule has 1 fully saturated rings. The Balaban J connectivity index is 2.18. The summed E-state index contributed by atoms with van der Waals surface area (Å²) in [6, 6.07) is 7.72. The first-order valence-electron chi connectivity index (χ1n) is 6.30. The standard InChI is InChI=1S/C14H18ClNO2/c1-2-13-10-18-7-6-16(13)14(17)12-5-3-4-11(8-12)9-15/h3-5,8,13H,2,6-7,9-10H2,1H3. The van der Waals surface area contributed by atoms with Gasteiger partial charge < -0.3 is 9.64 Å². The second kappa shape index (κ2) is 6.21. The molecule has 1 amide bonds. The first-order chi connectivity index (χ1) is 8.76. The molecule has 1 atom stereocenters. The molecule has 1 unspecified atom stereocenters. The van der Waals surface area contributed by atoms with Crippen LogP contribution in [-0.2, 0) is 10.6 Å². The summed E-state index contributed by atoms with van der Waals surface area (Å²) >= 11 is 5.80. The lowest BCUT2D eigenvalue weighted by Gasteiger charge is -2.35. The Kier molecular flexibility index (Phi) is 4.61. The second-order valence-corrected chi connectivity index (χ2v) is 4.74. The molecule has 0 aromatic heterocycles. The van der Waals surface area contributed by atoms with E-state index in [9.17, 15) is 4.79 Å². The predicted octanol–water partition coefficient (Wildman–Crippen LogP) is 2.68. The minimum atomic E-state index is 0.0807. The number of rotatable bonds is 3. The van der Waals surface area contributed by atoms with E-state index in [0.717, 1.165) is 12.0 Å². The largest absolute Gasteiger partial charge is 0.377 e. The quantitative estimate of drug-likeness (QED) is 0.788. The zero-order valence-electron chi connectivity index (χ0n) is 10.6. The van der Waals surface area contributed by atoms with E-state index in [2.05, 4.69) is 6.92 Å². The van der Waals surface area contributed by atoms with Gasteiger partial charge in [-0.2, -0.15) is 0 Å². The summed E-state index contributed by atoms with van der Waals surface area (Å²) in [7, 11) is 0. The third-order valence-corrected chi connectivity index (χ3v) is 3.60. The molecular weight excluding hydrogens is 250 g/mol. The molecule has 1 aromatic carbocycles. The Bertz CT molecular complexity index is 422. The summed E-state index contributed by atoms with van der Waals surface area (Å²) in [6.45, 7) is 4.01. The lowest BCUT2D eigenvalue weighted by atomic mass is 10.1. The molecule has 98 valence electrons. The fraction of sp³-hybridized carbons (Fsp3) is 0.500. The molecule has 0 saturated carbocycles. The van der Waals surface area contributed by atoms with Crippen molar-refractivity contribution in [1.29, 1.82) is 0 Å². The molecule has 1 saturated heterocycles. The number of hydrogen-bond acceptors (Lipinski definition) is 2. The summed E-state index contributed by atoms with van der Waals surface area (Å²) < 4.78 is 5.42. The van der Waals surface area contributed by atoms with Crippen LogP contribution in [-0.4, -0.2) is 36.6 Å². The average Bonchev–Trinajstić information content (AvgIpc) is 2.46. The van der Waals surface area contributed by atoms with Crippen LogP contribution in [0.4, 0.5) is 0 Å². The van der Waals surface area contributed by atoms with Crippen molar-refractivity contribution < 1.29 is 9.53 Å². The number of ether oxygens (including phenoxy) is 1. The van der Waals surface area contributed by atoms with Crippen molar-refractivity contribution in [3.8, 4) is 0 Å². The third kappa shape index (κ3) is 2.85. The SMILES string of the molecule is CCC1COCCN1C(=O)c1cccc(CCl)c1. The zero-order valence-corrected chi connectivity index (χ0v) is 11.3. The van der Waals surface area contributed by atoms with Crippen LogP contribution in [0.5, 0.6) is 0 Å². The smallest absolute Gasteiger partial charge is 0.254 e. The van der Waals surface area contributed by atoms with E-state index in [4.69, 9.17) is 16.3 Å². The topological polar surface area (TPSA) is 29.5 Å². The Morgan fingerprint density at radius 1 is 1.56 bits per heavy atom. The molecular formula is C14H18ClNO2. The van der Waals surface area contributed by atoms with Gasteiger partial charge >= 0.3 is 0 Å². The van der Waals surface area contributed by atoms with Gasteiger partial charge in [0.05, 0.1) is 19.3 Å². The fourth-order valence-electron chi connectivity index (χ4n) is 2.21. The maximum atomic E-state index is 12.5. The minimum Gasteiger partial charge on any atom is -0.377 e. The van der Waals surface area contributed by atoms with Gasteiger partial charge in [0.1, 0.15) is 0 Å². The van der Waals surface area contributed by atoms with E-state index in [1.807, 2.05) is 29.2 Å². The van der Waals surface area contributed by atoms with E-state index in [1.165, 1.54) is 0 Å². The first-order valence-corrected chi connectivity index (χ1v) is 6.83. The molecule has 0 radical (unpaired) electrons. The van der Waals surface area contributed by atoms with Crippen molar-refractivity contribution in [2.75, 3.05) is 19.8 Å². The molecule has 0 N–H and O–H groups in total. The molecule has 18 heavy (non-hydrogen) atoms. The van der Waals surface area contributed by atoms with Gasteiger partial charge in [0, 0.05) is 18.0 Å². The van der Waals surface area contributed by atoms with Crippen molar-refractivity contribution in [3.05, 3.63) is 35.4 Å². The number of alkyl halides is 1. The van der Waals surface area contributed by atoms with Gasteiger partial charge in [-0.25, -0.2) is 0 Å². The van der Waals surface area contributed by atoms with Gasteiger partial charge in [-0.05, 0) is 24.1 Å². The monoisotopic (exact) mass is 267 g/mol. The highest BCUT2D eigenvalue weighted by molar-refractivity contribution is 6.17. The Labute approximate surface area is 113 Å². The number of carbonyl (C=O) groups is 1. The highest BCUT2D eigenvalue weighted by atomic mass is 35.5. The van der Waals surface area contributed by atoms with Crippen LogP contribution < -0.4 is 0 Å². The Morgan fingerprint density at radius 2 is 2.39 bits per heavy atom. The molecule has 3 nitrogen and oxygen atoms in total. The Morgan fingerprint density at radius 3 is 3.11 bits per heavy atom. The molecule has 1 aliphatic rings. The van der Waals surface area contributed by atoms with Gasteiger partial charge in [-0.15, -0.1) is 11.6 Å². The Hall–Kier alpha value is -1.06. The van der Waals surface area contributed by atoms with Crippen molar-refractivity contribution in [2.24, 2.45) is 0 Å². The van der Waals surface area contributed by atoms with Gasteiger partial charge in [-0.3, -0.25) is 4.79 Å².